The average molecular weight is 402 g/mol. The molecule has 1 aliphatic heterocycles. The fourth-order valence-electron chi connectivity index (χ4n) is 3.08. The summed E-state index contributed by atoms with van der Waals surface area (Å²) in [5.74, 6) is 0.428. The zero-order valence-electron chi connectivity index (χ0n) is 15.7. The third-order valence-electron chi connectivity index (χ3n) is 4.48. The number of ketones is 1. The van der Waals surface area contributed by atoms with Crippen molar-refractivity contribution < 1.29 is 22.7 Å². The lowest BCUT2D eigenvalue weighted by Crippen LogP contribution is -2.37. The SMILES string of the molecule is CCOc1ccc(N2C[C@H](NS(=O)(=O)c3ccc(C(C)=O)cc3)CC2=O)cc1. The van der Waals surface area contributed by atoms with Crippen LogP contribution in [-0.2, 0) is 14.8 Å². The van der Waals surface area contributed by atoms with Crippen LogP contribution in [0.4, 0.5) is 5.69 Å². The molecule has 0 spiro atoms. The Hall–Kier alpha value is -2.71. The molecule has 0 aliphatic carbocycles. The molecule has 0 unspecified atom stereocenters. The average Bonchev–Trinajstić information content (AvgIpc) is 3.02. The first-order valence-electron chi connectivity index (χ1n) is 8.96. The van der Waals surface area contributed by atoms with E-state index in [-0.39, 0.29) is 29.6 Å². The van der Waals surface area contributed by atoms with Crippen molar-refractivity contribution in [1.29, 1.82) is 0 Å². The minimum atomic E-state index is -3.79. The number of benzene rings is 2. The Morgan fingerprint density at radius 1 is 1.14 bits per heavy atom. The van der Waals surface area contributed by atoms with Crippen molar-refractivity contribution in [3.05, 3.63) is 54.1 Å². The molecule has 28 heavy (non-hydrogen) atoms. The maximum Gasteiger partial charge on any atom is 0.240 e. The number of amides is 1. The molecule has 2 aromatic carbocycles. The Kier molecular flexibility index (Phi) is 5.81. The van der Waals surface area contributed by atoms with E-state index >= 15 is 0 Å². The van der Waals surface area contributed by atoms with Crippen LogP contribution in [-0.4, -0.2) is 39.3 Å². The predicted molar refractivity (Wildman–Crippen MR) is 105 cm³/mol. The summed E-state index contributed by atoms with van der Waals surface area (Å²) in [5, 5.41) is 0. The molecule has 0 aromatic heterocycles. The number of Topliss-reactive ketones (excluding diaryl/α,β-unsaturated/α-hetero) is 1. The highest BCUT2D eigenvalue weighted by Gasteiger charge is 2.33. The van der Waals surface area contributed by atoms with E-state index < -0.39 is 16.1 Å². The Morgan fingerprint density at radius 3 is 2.36 bits per heavy atom. The van der Waals surface area contributed by atoms with Crippen LogP contribution in [0.15, 0.2) is 53.4 Å². The number of carbonyl (C=O) groups excluding carboxylic acids is 2. The van der Waals surface area contributed by atoms with E-state index in [2.05, 4.69) is 4.72 Å². The number of anilines is 1. The standard InChI is InChI=1S/C20H22N2O5S/c1-3-27-18-8-6-17(7-9-18)22-13-16(12-20(22)24)21-28(25,26)19-10-4-15(5-11-19)14(2)23/h4-11,16,21H,3,12-13H2,1-2H3/t16-/m1/s1. The molecule has 1 N–H and O–H groups in total. The summed E-state index contributed by atoms with van der Waals surface area (Å²) in [6, 6.07) is 12.3. The van der Waals surface area contributed by atoms with Gasteiger partial charge in [-0.15, -0.1) is 0 Å². The highest BCUT2D eigenvalue weighted by molar-refractivity contribution is 7.89. The van der Waals surface area contributed by atoms with Gasteiger partial charge in [0.2, 0.25) is 15.9 Å². The van der Waals surface area contributed by atoms with Crippen LogP contribution in [0.5, 0.6) is 5.75 Å². The monoisotopic (exact) mass is 402 g/mol. The number of ether oxygens (including phenoxy) is 1. The molecule has 1 saturated heterocycles. The minimum absolute atomic E-state index is 0.0597. The van der Waals surface area contributed by atoms with Crippen molar-refractivity contribution >= 4 is 27.4 Å². The highest BCUT2D eigenvalue weighted by atomic mass is 32.2. The van der Waals surface area contributed by atoms with Gasteiger partial charge in [-0.05, 0) is 50.2 Å². The molecule has 0 radical (unpaired) electrons. The molecule has 7 nitrogen and oxygen atoms in total. The van der Waals surface area contributed by atoms with E-state index in [0.29, 0.717) is 23.6 Å². The molecule has 1 aliphatic rings. The second-order valence-corrected chi connectivity index (χ2v) is 8.25. The van der Waals surface area contributed by atoms with E-state index in [0.717, 1.165) is 0 Å². The van der Waals surface area contributed by atoms with Gasteiger partial charge < -0.3 is 9.64 Å². The quantitative estimate of drug-likeness (QED) is 0.718. The molecule has 0 saturated carbocycles. The Morgan fingerprint density at radius 2 is 1.79 bits per heavy atom. The van der Waals surface area contributed by atoms with Crippen LogP contribution in [0.25, 0.3) is 0 Å². The molecular weight excluding hydrogens is 380 g/mol. The summed E-state index contributed by atoms with van der Waals surface area (Å²) in [5.41, 5.74) is 1.14. The van der Waals surface area contributed by atoms with Crippen LogP contribution in [0.1, 0.15) is 30.6 Å². The van der Waals surface area contributed by atoms with Crippen molar-refractivity contribution in [2.24, 2.45) is 0 Å². The molecule has 1 amide bonds. The molecule has 0 bridgehead atoms. The van der Waals surface area contributed by atoms with Crippen molar-refractivity contribution in [2.75, 3.05) is 18.1 Å². The second kappa shape index (κ2) is 8.12. The maximum atomic E-state index is 12.6. The van der Waals surface area contributed by atoms with Crippen LogP contribution < -0.4 is 14.4 Å². The van der Waals surface area contributed by atoms with Gasteiger partial charge in [0, 0.05) is 30.3 Å². The van der Waals surface area contributed by atoms with Gasteiger partial charge in [-0.25, -0.2) is 13.1 Å². The summed E-state index contributed by atoms with van der Waals surface area (Å²) in [7, 11) is -3.79. The first-order chi connectivity index (χ1) is 13.3. The maximum absolute atomic E-state index is 12.6. The lowest BCUT2D eigenvalue weighted by Gasteiger charge is -2.18. The molecule has 148 valence electrons. The van der Waals surface area contributed by atoms with Crippen molar-refractivity contribution in [1.82, 2.24) is 4.72 Å². The highest BCUT2D eigenvalue weighted by Crippen LogP contribution is 2.25. The largest absolute Gasteiger partial charge is 0.494 e. The van der Waals surface area contributed by atoms with E-state index in [1.165, 1.54) is 31.2 Å². The van der Waals surface area contributed by atoms with Gasteiger partial charge in [-0.3, -0.25) is 9.59 Å². The summed E-state index contributed by atoms with van der Waals surface area (Å²) in [4.78, 5) is 25.3. The summed E-state index contributed by atoms with van der Waals surface area (Å²) in [6.07, 6.45) is 0.0813. The Balaban J connectivity index is 1.69. The number of nitrogens with one attached hydrogen (secondary N) is 1. The number of hydrogen-bond acceptors (Lipinski definition) is 5. The molecule has 1 atom stereocenters. The Labute approximate surface area is 164 Å². The van der Waals surface area contributed by atoms with E-state index in [1.807, 2.05) is 6.92 Å². The van der Waals surface area contributed by atoms with Gasteiger partial charge in [0.1, 0.15) is 5.75 Å². The van der Waals surface area contributed by atoms with E-state index in [9.17, 15) is 18.0 Å². The Bertz CT molecular complexity index is 969. The summed E-state index contributed by atoms with van der Waals surface area (Å²) < 4.78 is 33.2. The molecule has 1 heterocycles. The molecule has 3 rings (SSSR count). The molecule has 2 aromatic rings. The molecule has 1 fully saturated rings. The van der Waals surface area contributed by atoms with Crippen LogP contribution in [0.2, 0.25) is 0 Å². The van der Waals surface area contributed by atoms with Crippen molar-refractivity contribution in [3.8, 4) is 5.75 Å². The fraction of sp³-hybridized carbons (Fsp3) is 0.300. The van der Waals surface area contributed by atoms with Gasteiger partial charge in [0.15, 0.2) is 5.78 Å². The third kappa shape index (κ3) is 4.40. The number of rotatable bonds is 7. The lowest BCUT2D eigenvalue weighted by molar-refractivity contribution is -0.117. The predicted octanol–water partition coefficient (Wildman–Crippen LogP) is 2.37. The van der Waals surface area contributed by atoms with Crippen LogP contribution >= 0.6 is 0 Å². The van der Waals surface area contributed by atoms with Gasteiger partial charge in [-0.2, -0.15) is 0 Å². The number of nitrogens with zero attached hydrogens (tertiary/aromatic N) is 1. The number of sulfonamides is 1. The van der Waals surface area contributed by atoms with Crippen LogP contribution in [0, 0.1) is 0 Å². The van der Waals surface area contributed by atoms with E-state index in [1.54, 1.807) is 29.2 Å². The molecular formula is C20H22N2O5S. The summed E-state index contributed by atoms with van der Waals surface area (Å²) >= 11 is 0. The summed E-state index contributed by atoms with van der Waals surface area (Å²) in [6.45, 7) is 4.11. The van der Waals surface area contributed by atoms with E-state index in [4.69, 9.17) is 4.74 Å². The number of hydrogen-bond donors (Lipinski definition) is 1. The van der Waals surface area contributed by atoms with Crippen molar-refractivity contribution in [2.45, 2.75) is 31.2 Å². The first kappa shape index (κ1) is 20.0. The topological polar surface area (TPSA) is 92.8 Å². The number of carbonyl (C=O) groups is 2. The minimum Gasteiger partial charge on any atom is -0.494 e. The normalized spacial score (nSPS) is 17.0. The lowest BCUT2D eigenvalue weighted by atomic mass is 10.2. The van der Waals surface area contributed by atoms with Crippen molar-refractivity contribution in [3.63, 3.8) is 0 Å². The van der Waals surface area contributed by atoms with Gasteiger partial charge in [-0.1, -0.05) is 12.1 Å². The molecule has 8 heteroatoms. The third-order valence-corrected chi connectivity index (χ3v) is 6.01. The second-order valence-electron chi connectivity index (χ2n) is 6.53. The zero-order valence-corrected chi connectivity index (χ0v) is 16.5. The zero-order chi connectivity index (χ0) is 20.3. The smallest absolute Gasteiger partial charge is 0.240 e. The van der Waals surface area contributed by atoms with Gasteiger partial charge in [0.25, 0.3) is 0 Å². The van der Waals surface area contributed by atoms with Crippen LogP contribution in [0.3, 0.4) is 0 Å². The fourth-order valence-corrected chi connectivity index (χ4v) is 4.31. The van der Waals surface area contributed by atoms with Gasteiger partial charge in [0.05, 0.1) is 11.5 Å². The first-order valence-corrected chi connectivity index (χ1v) is 10.4. The van der Waals surface area contributed by atoms with Gasteiger partial charge >= 0.3 is 0 Å².